The molecule has 0 unspecified atom stereocenters. The van der Waals surface area contributed by atoms with Gasteiger partial charge in [0, 0.05) is 12.6 Å². The van der Waals surface area contributed by atoms with Crippen molar-refractivity contribution >= 4 is 12.3 Å². The van der Waals surface area contributed by atoms with Crippen LogP contribution in [-0.2, 0) is 14.3 Å². The van der Waals surface area contributed by atoms with E-state index in [1.807, 2.05) is 6.08 Å². The molecule has 1 aliphatic heterocycles. The molecular formula is C11H15NO3. The number of aldehydes is 1. The van der Waals surface area contributed by atoms with Crippen LogP contribution in [0.25, 0.3) is 0 Å². The Balaban J connectivity index is 1.97. The first-order valence-electron chi connectivity index (χ1n) is 5.04. The molecule has 4 heteroatoms. The van der Waals surface area contributed by atoms with E-state index in [9.17, 15) is 9.59 Å². The second-order valence-corrected chi connectivity index (χ2v) is 3.26. The Kier molecular flexibility index (Phi) is 5.22. The highest BCUT2D eigenvalue weighted by Crippen LogP contribution is 2.02. The van der Waals surface area contributed by atoms with Gasteiger partial charge in [0.1, 0.15) is 12.9 Å². The van der Waals surface area contributed by atoms with Gasteiger partial charge in [-0.15, -0.1) is 0 Å². The molecule has 0 fully saturated rings. The van der Waals surface area contributed by atoms with Gasteiger partial charge in [0.05, 0.1) is 5.70 Å². The monoisotopic (exact) mass is 209 g/mol. The summed E-state index contributed by atoms with van der Waals surface area (Å²) in [5, 5.41) is 3.12. The maximum Gasteiger partial charge on any atom is 0.333 e. The average Bonchev–Trinajstić information content (AvgIpc) is 2.63. The molecule has 4 nitrogen and oxygen atoms in total. The minimum atomic E-state index is -0.272. The van der Waals surface area contributed by atoms with E-state index in [0.29, 0.717) is 6.61 Å². The van der Waals surface area contributed by atoms with E-state index in [4.69, 9.17) is 4.74 Å². The third-order valence-electron chi connectivity index (χ3n) is 2.03. The smallest absolute Gasteiger partial charge is 0.333 e. The number of esters is 1. The molecule has 1 heterocycles. The maximum atomic E-state index is 10.7. The lowest BCUT2D eigenvalue weighted by atomic mass is 10.2. The van der Waals surface area contributed by atoms with Crippen molar-refractivity contribution in [1.82, 2.24) is 5.32 Å². The number of nitrogens with one attached hydrogen (secondary N) is 1. The molecule has 82 valence electrons. The summed E-state index contributed by atoms with van der Waals surface area (Å²) < 4.78 is 4.73. The van der Waals surface area contributed by atoms with Gasteiger partial charge in [-0.1, -0.05) is 6.08 Å². The summed E-state index contributed by atoms with van der Waals surface area (Å²) in [5.74, 6) is -0.272. The Morgan fingerprint density at radius 3 is 3.00 bits per heavy atom. The number of unbranched alkanes of at least 4 members (excludes halogenated alkanes) is 2. The first-order chi connectivity index (χ1) is 7.33. The fraction of sp³-hybridized carbons (Fsp3) is 0.455. The van der Waals surface area contributed by atoms with Gasteiger partial charge in [0.25, 0.3) is 0 Å². The van der Waals surface area contributed by atoms with Gasteiger partial charge < -0.3 is 10.1 Å². The van der Waals surface area contributed by atoms with Crippen LogP contribution in [0.15, 0.2) is 23.9 Å². The van der Waals surface area contributed by atoms with Crippen molar-refractivity contribution in [2.24, 2.45) is 0 Å². The highest BCUT2D eigenvalue weighted by Gasteiger charge is 2.11. The number of hydrogen-bond acceptors (Lipinski definition) is 4. The second kappa shape index (κ2) is 6.81. The number of cyclic esters (lactones) is 1. The van der Waals surface area contributed by atoms with Crippen molar-refractivity contribution in [3.8, 4) is 0 Å². The summed E-state index contributed by atoms with van der Waals surface area (Å²) in [4.78, 5) is 20.6. The highest BCUT2D eigenvalue weighted by molar-refractivity contribution is 5.85. The van der Waals surface area contributed by atoms with E-state index < -0.39 is 0 Å². The van der Waals surface area contributed by atoms with Crippen LogP contribution < -0.4 is 5.32 Å². The molecular weight excluding hydrogens is 194 g/mol. The summed E-state index contributed by atoms with van der Waals surface area (Å²) in [6, 6.07) is 0. The highest BCUT2D eigenvalue weighted by atomic mass is 16.5. The zero-order valence-electron chi connectivity index (χ0n) is 8.57. The molecule has 0 aromatic rings. The number of rotatable bonds is 7. The Hall–Kier alpha value is -1.58. The zero-order chi connectivity index (χ0) is 10.9. The molecule has 1 N–H and O–H groups in total. The molecule has 15 heavy (non-hydrogen) atoms. The largest absolute Gasteiger partial charge is 0.456 e. The van der Waals surface area contributed by atoms with Crippen LogP contribution in [0.5, 0.6) is 0 Å². The number of hydrogen-bond donors (Lipinski definition) is 1. The molecule has 0 radical (unpaired) electrons. The Bertz CT molecular complexity index is 282. The Morgan fingerprint density at radius 1 is 1.47 bits per heavy atom. The molecule has 0 saturated carbocycles. The lowest BCUT2D eigenvalue weighted by molar-refractivity contribution is -0.135. The van der Waals surface area contributed by atoms with Crippen molar-refractivity contribution in [2.45, 2.75) is 19.3 Å². The fourth-order valence-electron chi connectivity index (χ4n) is 1.26. The third kappa shape index (κ3) is 5.00. The SMILES string of the molecule is O=C/C=C/CCCCNC1=CC(=O)OC1. The summed E-state index contributed by atoms with van der Waals surface area (Å²) in [5.41, 5.74) is 0.850. The summed E-state index contributed by atoms with van der Waals surface area (Å²) in [6.07, 6.45) is 8.58. The van der Waals surface area contributed by atoms with Crippen LogP contribution in [0.2, 0.25) is 0 Å². The summed E-state index contributed by atoms with van der Waals surface area (Å²) in [7, 11) is 0. The number of ether oxygens (including phenoxy) is 1. The van der Waals surface area contributed by atoms with Gasteiger partial charge in [0.15, 0.2) is 0 Å². The molecule has 0 aliphatic carbocycles. The van der Waals surface area contributed by atoms with E-state index in [-0.39, 0.29) is 5.97 Å². The van der Waals surface area contributed by atoms with E-state index >= 15 is 0 Å². The summed E-state index contributed by atoms with van der Waals surface area (Å²) >= 11 is 0. The fourth-order valence-corrected chi connectivity index (χ4v) is 1.26. The van der Waals surface area contributed by atoms with Gasteiger partial charge in [0.2, 0.25) is 0 Å². The second-order valence-electron chi connectivity index (χ2n) is 3.26. The van der Waals surface area contributed by atoms with Crippen LogP contribution in [0.1, 0.15) is 19.3 Å². The van der Waals surface area contributed by atoms with Gasteiger partial charge in [-0.25, -0.2) is 4.79 Å². The molecule has 0 spiro atoms. The number of carbonyl (C=O) groups is 2. The standard InChI is InChI=1S/C11H15NO3/c13-7-5-3-1-2-4-6-12-10-8-11(14)15-9-10/h3,5,7-8,12H,1-2,4,6,9H2/b5-3+. The third-order valence-corrected chi connectivity index (χ3v) is 2.03. The molecule has 0 bridgehead atoms. The first-order valence-corrected chi connectivity index (χ1v) is 5.04. The topological polar surface area (TPSA) is 55.4 Å². The quantitative estimate of drug-likeness (QED) is 0.293. The first kappa shape index (κ1) is 11.5. The lowest BCUT2D eigenvalue weighted by Crippen LogP contribution is -2.15. The molecule has 0 saturated heterocycles. The molecule has 0 atom stereocenters. The van der Waals surface area contributed by atoms with Crippen LogP contribution in [0, 0.1) is 0 Å². The minimum absolute atomic E-state index is 0.272. The Morgan fingerprint density at radius 2 is 2.33 bits per heavy atom. The maximum absolute atomic E-state index is 10.7. The van der Waals surface area contributed by atoms with Gasteiger partial charge >= 0.3 is 5.97 Å². The van der Waals surface area contributed by atoms with Gasteiger partial charge in [-0.05, 0) is 25.3 Å². The van der Waals surface area contributed by atoms with Crippen molar-refractivity contribution < 1.29 is 14.3 Å². The van der Waals surface area contributed by atoms with Crippen LogP contribution in [-0.4, -0.2) is 25.4 Å². The van der Waals surface area contributed by atoms with Crippen molar-refractivity contribution in [3.63, 3.8) is 0 Å². The minimum Gasteiger partial charge on any atom is -0.456 e. The van der Waals surface area contributed by atoms with E-state index in [1.165, 1.54) is 12.2 Å². The lowest BCUT2D eigenvalue weighted by Gasteiger charge is -2.04. The van der Waals surface area contributed by atoms with Crippen LogP contribution in [0.4, 0.5) is 0 Å². The average molecular weight is 209 g/mol. The molecule has 0 aromatic heterocycles. The van der Waals surface area contributed by atoms with Gasteiger partial charge in [-0.2, -0.15) is 0 Å². The normalized spacial score (nSPS) is 15.2. The number of allylic oxidation sites excluding steroid dienone is 2. The van der Waals surface area contributed by atoms with Gasteiger partial charge in [-0.3, -0.25) is 4.79 Å². The molecule has 0 amide bonds. The van der Waals surface area contributed by atoms with Crippen LogP contribution >= 0.6 is 0 Å². The van der Waals surface area contributed by atoms with Crippen molar-refractivity contribution in [1.29, 1.82) is 0 Å². The van der Waals surface area contributed by atoms with E-state index in [1.54, 1.807) is 0 Å². The number of carbonyl (C=O) groups excluding carboxylic acids is 2. The Labute approximate surface area is 89.0 Å². The van der Waals surface area contributed by atoms with E-state index in [0.717, 1.165) is 37.8 Å². The molecule has 0 aromatic carbocycles. The predicted molar refractivity (Wildman–Crippen MR) is 56.1 cm³/mol. The van der Waals surface area contributed by atoms with E-state index in [2.05, 4.69) is 5.32 Å². The zero-order valence-corrected chi connectivity index (χ0v) is 8.57. The van der Waals surface area contributed by atoms with Crippen LogP contribution in [0.3, 0.4) is 0 Å². The molecule has 1 rings (SSSR count). The molecule has 1 aliphatic rings. The summed E-state index contributed by atoms with van der Waals surface area (Å²) in [6.45, 7) is 1.20. The van der Waals surface area contributed by atoms with Crippen molar-refractivity contribution in [2.75, 3.05) is 13.2 Å². The van der Waals surface area contributed by atoms with Crippen molar-refractivity contribution in [3.05, 3.63) is 23.9 Å². The predicted octanol–water partition coefficient (Wildman–Crippen LogP) is 0.942.